The molecule has 0 bridgehead atoms. The van der Waals surface area contributed by atoms with Crippen molar-refractivity contribution in [3.63, 3.8) is 0 Å². The fourth-order valence-electron chi connectivity index (χ4n) is 2.73. The minimum Gasteiger partial charge on any atom is -0.327 e. The molecule has 1 aliphatic carbocycles. The van der Waals surface area contributed by atoms with Crippen LogP contribution in [0.25, 0.3) is 0 Å². The van der Waals surface area contributed by atoms with Crippen LogP contribution in [0, 0.1) is 11.8 Å². The van der Waals surface area contributed by atoms with E-state index in [9.17, 15) is 0 Å². The molecular weight excluding hydrogens is 170 g/mol. The molecule has 1 nitrogen and oxygen atoms in total. The molecule has 2 unspecified atom stereocenters. The molecule has 14 heavy (non-hydrogen) atoms. The Morgan fingerprint density at radius 3 is 2.07 bits per heavy atom. The molecule has 0 spiro atoms. The van der Waals surface area contributed by atoms with Gasteiger partial charge in [0.05, 0.1) is 0 Å². The van der Waals surface area contributed by atoms with Gasteiger partial charge in [-0.25, -0.2) is 0 Å². The maximum atomic E-state index is 6.14. The summed E-state index contributed by atoms with van der Waals surface area (Å²) in [6.07, 6.45) is 11.2. The van der Waals surface area contributed by atoms with E-state index in [2.05, 4.69) is 13.8 Å². The van der Waals surface area contributed by atoms with Gasteiger partial charge in [0.1, 0.15) is 0 Å². The second-order valence-electron chi connectivity index (χ2n) is 5.04. The van der Waals surface area contributed by atoms with Crippen molar-refractivity contribution in [1.29, 1.82) is 0 Å². The lowest BCUT2D eigenvalue weighted by Gasteiger charge is -2.29. The summed E-state index contributed by atoms with van der Waals surface area (Å²) in [5, 5.41) is 0. The van der Waals surface area contributed by atoms with Crippen LogP contribution in [-0.4, -0.2) is 6.04 Å². The maximum absolute atomic E-state index is 6.14. The Morgan fingerprint density at radius 1 is 1.07 bits per heavy atom. The highest BCUT2D eigenvalue weighted by atomic mass is 14.6. The molecule has 0 heterocycles. The molecule has 1 heteroatoms. The predicted octanol–water partition coefficient (Wildman–Crippen LogP) is 3.72. The van der Waals surface area contributed by atoms with Crippen LogP contribution in [-0.2, 0) is 0 Å². The first-order valence-corrected chi connectivity index (χ1v) is 6.51. The lowest BCUT2D eigenvalue weighted by atomic mass is 9.79. The fourth-order valence-corrected chi connectivity index (χ4v) is 2.73. The van der Waals surface area contributed by atoms with E-state index >= 15 is 0 Å². The molecule has 0 aromatic heterocycles. The van der Waals surface area contributed by atoms with Crippen molar-refractivity contribution in [2.75, 3.05) is 0 Å². The van der Waals surface area contributed by atoms with Crippen molar-refractivity contribution in [2.24, 2.45) is 17.6 Å². The average Bonchev–Trinajstić information content (AvgIpc) is 2.15. The largest absolute Gasteiger partial charge is 0.327 e. The van der Waals surface area contributed by atoms with Crippen molar-refractivity contribution < 1.29 is 0 Å². The number of hydrogen-bond donors (Lipinski definition) is 1. The Bertz CT molecular complexity index is 136. The molecule has 2 atom stereocenters. The van der Waals surface area contributed by atoms with Gasteiger partial charge in [-0.05, 0) is 18.3 Å². The van der Waals surface area contributed by atoms with Crippen molar-refractivity contribution in [1.82, 2.24) is 0 Å². The van der Waals surface area contributed by atoms with Gasteiger partial charge in [-0.3, -0.25) is 0 Å². The monoisotopic (exact) mass is 197 g/mol. The highest BCUT2D eigenvalue weighted by molar-refractivity contribution is 4.76. The molecule has 1 fully saturated rings. The third kappa shape index (κ3) is 3.61. The van der Waals surface area contributed by atoms with Crippen LogP contribution < -0.4 is 5.73 Å². The minimum absolute atomic E-state index is 0.430. The van der Waals surface area contributed by atoms with Crippen LogP contribution in [0.5, 0.6) is 0 Å². The first kappa shape index (κ1) is 12.0. The summed E-state index contributed by atoms with van der Waals surface area (Å²) in [6, 6.07) is 0.430. The Balaban J connectivity index is 2.38. The van der Waals surface area contributed by atoms with Gasteiger partial charge < -0.3 is 5.73 Å². The summed E-state index contributed by atoms with van der Waals surface area (Å²) >= 11 is 0. The minimum atomic E-state index is 0.430. The SMILES string of the molecule is CCC(N)C(C)C1CCCCCCC1. The molecule has 1 saturated carbocycles. The van der Waals surface area contributed by atoms with Gasteiger partial charge in [0.15, 0.2) is 0 Å². The van der Waals surface area contributed by atoms with Crippen LogP contribution in [0.4, 0.5) is 0 Å². The zero-order valence-corrected chi connectivity index (χ0v) is 9.97. The van der Waals surface area contributed by atoms with Crippen LogP contribution in [0.2, 0.25) is 0 Å². The second-order valence-corrected chi connectivity index (χ2v) is 5.04. The van der Waals surface area contributed by atoms with E-state index in [4.69, 9.17) is 5.73 Å². The Hall–Kier alpha value is -0.0400. The first-order valence-electron chi connectivity index (χ1n) is 6.51. The van der Waals surface area contributed by atoms with Gasteiger partial charge in [-0.1, -0.05) is 58.8 Å². The molecular formula is C13H27N. The van der Waals surface area contributed by atoms with Crippen molar-refractivity contribution in [3.8, 4) is 0 Å². The predicted molar refractivity (Wildman–Crippen MR) is 63.2 cm³/mol. The quantitative estimate of drug-likeness (QED) is 0.733. The first-order chi connectivity index (χ1) is 6.75. The molecule has 0 radical (unpaired) electrons. The maximum Gasteiger partial charge on any atom is 0.00645 e. The van der Waals surface area contributed by atoms with Crippen molar-refractivity contribution >= 4 is 0 Å². The van der Waals surface area contributed by atoms with Crippen molar-refractivity contribution in [3.05, 3.63) is 0 Å². The molecule has 0 aromatic rings. The number of hydrogen-bond acceptors (Lipinski definition) is 1. The normalized spacial score (nSPS) is 25.1. The third-order valence-electron chi connectivity index (χ3n) is 4.04. The van der Waals surface area contributed by atoms with E-state index < -0.39 is 0 Å². The standard InChI is InChI=1S/C13H27N/c1-3-13(14)11(2)12-9-7-5-4-6-8-10-12/h11-13H,3-10,14H2,1-2H3. The summed E-state index contributed by atoms with van der Waals surface area (Å²) in [4.78, 5) is 0. The van der Waals surface area contributed by atoms with Crippen LogP contribution in [0.3, 0.4) is 0 Å². The van der Waals surface area contributed by atoms with Gasteiger partial charge in [-0.2, -0.15) is 0 Å². The topological polar surface area (TPSA) is 26.0 Å². The van der Waals surface area contributed by atoms with Gasteiger partial charge in [0, 0.05) is 6.04 Å². The molecule has 1 rings (SSSR count). The highest BCUT2D eigenvalue weighted by Crippen LogP contribution is 2.29. The Morgan fingerprint density at radius 2 is 1.57 bits per heavy atom. The third-order valence-corrected chi connectivity index (χ3v) is 4.04. The lowest BCUT2D eigenvalue weighted by Crippen LogP contribution is -2.32. The summed E-state index contributed by atoms with van der Waals surface area (Å²) in [5.41, 5.74) is 6.14. The van der Waals surface area contributed by atoms with E-state index in [-0.39, 0.29) is 0 Å². The molecule has 0 amide bonds. The average molecular weight is 197 g/mol. The number of rotatable bonds is 3. The van der Waals surface area contributed by atoms with Crippen LogP contribution >= 0.6 is 0 Å². The summed E-state index contributed by atoms with van der Waals surface area (Å²) < 4.78 is 0. The second kappa shape index (κ2) is 6.44. The van der Waals surface area contributed by atoms with Gasteiger partial charge in [-0.15, -0.1) is 0 Å². The Kier molecular flexibility index (Phi) is 5.54. The molecule has 1 aliphatic rings. The zero-order chi connectivity index (χ0) is 10.4. The van der Waals surface area contributed by atoms with Gasteiger partial charge >= 0.3 is 0 Å². The van der Waals surface area contributed by atoms with Crippen molar-refractivity contribution in [2.45, 2.75) is 71.3 Å². The van der Waals surface area contributed by atoms with E-state index in [0.717, 1.165) is 18.3 Å². The molecule has 2 N–H and O–H groups in total. The van der Waals surface area contributed by atoms with Crippen LogP contribution in [0.15, 0.2) is 0 Å². The van der Waals surface area contributed by atoms with E-state index in [1.165, 1.54) is 44.9 Å². The van der Waals surface area contributed by atoms with E-state index in [0.29, 0.717) is 6.04 Å². The summed E-state index contributed by atoms with van der Waals surface area (Å²) in [6.45, 7) is 4.57. The number of nitrogens with two attached hydrogens (primary N) is 1. The Labute approximate surface area is 89.5 Å². The van der Waals surface area contributed by atoms with E-state index in [1.54, 1.807) is 0 Å². The van der Waals surface area contributed by atoms with E-state index in [1.807, 2.05) is 0 Å². The molecule has 0 aliphatic heterocycles. The summed E-state index contributed by atoms with van der Waals surface area (Å²) in [7, 11) is 0. The fraction of sp³-hybridized carbons (Fsp3) is 1.00. The molecule has 0 aromatic carbocycles. The molecule has 0 saturated heterocycles. The van der Waals surface area contributed by atoms with Gasteiger partial charge in [0.25, 0.3) is 0 Å². The summed E-state index contributed by atoms with van der Waals surface area (Å²) in [5.74, 6) is 1.64. The lowest BCUT2D eigenvalue weighted by molar-refractivity contribution is 0.244. The smallest absolute Gasteiger partial charge is 0.00645 e. The molecule has 84 valence electrons. The zero-order valence-electron chi connectivity index (χ0n) is 9.97. The van der Waals surface area contributed by atoms with Crippen LogP contribution in [0.1, 0.15) is 65.2 Å². The van der Waals surface area contributed by atoms with Gasteiger partial charge in [0.2, 0.25) is 0 Å². The highest BCUT2D eigenvalue weighted by Gasteiger charge is 2.22.